The minimum atomic E-state index is -2.25. The molecule has 7 nitrogen and oxygen atoms in total. The Labute approximate surface area is 189 Å². The normalized spacial score (nSPS) is 20.7. The van der Waals surface area contributed by atoms with Gasteiger partial charge in [-0.2, -0.15) is 0 Å². The summed E-state index contributed by atoms with van der Waals surface area (Å²) in [7, 11) is 0. The molecule has 3 N–H and O–H groups in total. The van der Waals surface area contributed by atoms with Crippen molar-refractivity contribution in [2.24, 2.45) is 0 Å². The van der Waals surface area contributed by atoms with Crippen LogP contribution in [0.5, 0.6) is 0 Å². The van der Waals surface area contributed by atoms with Gasteiger partial charge in [0, 0.05) is 41.8 Å². The lowest BCUT2D eigenvalue weighted by molar-refractivity contribution is -0.149. The van der Waals surface area contributed by atoms with Crippen LogP contribution in [0.1, 0.15) is 41.6 Å². The maximum atomic E-state index is 13.5. The fourth-order valence-electron chi connectivity index (χ4n) is 3.84. The zero-order chi connectivity index (χ0) is 22.9. The van der Waals surface area contributed by atoms with Crippen LogP contribution in [-0.4, -0.2) is 41.0 Å². The number of amides is 3. The number of anilines is 1. The van der Waals surface area contributed by atoms with E-state index < -0.39 is 23.2 Å². The van der Waals surface area contributed by atoms with E-state index in [1.54, 1.807) is 24.3 Å². The average molecular weight is 460 g/mol. The van der Waals surface area contributed by atoms with Gasteiger partial charge in [-0.3, -0.25) is 14.4 Å². The maximum Gasteiger partial charge on any atom is 0.268 e. The molecule has 0 bridgehead atoms. The lowest BCUT2D eigenvalue weighted by Gasteiger charge is -2.26. The molecule has 0 aromatic heterocycles. The lowest BCUT2D eigenvalue weighted by Crippen LogP contribution is -2.52. The second kappa shape index (κ2) is 8.88. The summed E-state index contributed by atoms with van der Waals surface area (Å²) < 4.78 is 13.5. The van der Waals surface area contributed by atoms with Gasteiger partial charge in [0.2, 0.25) is 5.60 Å². The van der Waals surface area contributed by atoms with Crippen molar-refractivity contribution in [2.45, 2.75) is 43.9 Å². The Hall–Kier alpha value is -2.97. The minimum absolute atomic E-state index is 0.0945. The van der Waals surface area contributed by atoms with E-state index in [4.69, 9.17) is 11.6 Å². The first-order valence-electron chi connectivity index (χ1n) is 10.4. The van der Waals surface area contributed by atoms with Crippen LogP contribution < -0.4 is 15.5 Å². The molecule has 0 spiro atoms. The molecule has 2 aromatic carbocycles. The smallest absolute Gasteiger partial charge is 0.268 e. The molecule has 32 heavy (non-hydrogen) atoms. The molecule has 2 aliphatic rings. The molecule has 1 heterocycles. The monoisotopic (exact) mass is 459 g/mol. The Balaban J connectivity index is 1.43. The summed E-state index contributed by atoms with van der Waals surface area (Å²) in [5.41, 5.74) is -1.01. The topological polar surface area (TPSA) is 98.7 Å². The van der Waals surface area contributed by atoms with E-state index in [-0.39, 0.29) is 36.5 Å². The van der Waals surface area contributed by atoms with Crippen molar-refractivity contribution >= 4 is 35.0 Å². The van der Waals surface area contributed by atoms with E-state index in [1.165, 1.54) is 17.0 Å². The van der Waals surface area contributed by atoms with Gasteiger partial charge >= 0.3 is 0 Å². The Morgan fingerprint density at radius 1 is 1.22 bits per heavy atom. The predicted octanol–water partition coefficient (Wildman–Crippen LogP) is 2.55. The van der Waals surface area contributed by atoms with Gasteiger partial charge in [0.05, 0.1) is 0 Å². The molecule has 0 unspecified atom stereocenters. The quantitative estimate of drug-likeness (QED) is 0.578. The Morgan fingerprint density at radius 2 is 2.00 bits per heavy atom. The first-order valence-corrected chi connectivity index (χ1v) is 10.8. The highest BCUT2D eigenvalue weighted by Gasteiger charge is 2.51. The molecule has 0 radical (unpaired) electrons. The first-order chi connectivity index (χ1) is 15.3. The van der Waals surface area contributed by atoms with Crippen molar-refractivity contribution < 1.29 is 23.9 Å². The zero-order valence-corrected chi connectivity index (χ0v) is 18.0. The highest BCUT2D eigenvalue weighted by Crippen LogP contribution is 2.29. The number of benzene rings is 2. The molecule has 2 fully saturated rings. The van der Waals surface area contributed by atoms with E-state index in [9.17, 15) is 23.9 Å². The fraction of sp³-hybridized carbons (Fsp3) is 0.348. The summed E-state index contributed by atoms with van der Waals surface area (Å²) in [6.45, 7) is 0.0188. The number of hydrogen-bond donors (Lipinski definition) is 3. The number of nitrogens with zero attached hydrogens (tertiary/aromatic N) is 1. The second-order valence-electron chi connectivity index (χ2n) is 8.18. The Bertz CT molecular complexity index is 1050. The molecule has 3 amide bonds. The molecule has 1 saturated heterocycles. The minimum Gasteiger partial charge on any atom is -0.372 e. The van der Waals surface area contributed by atoms with E-state index in [0.29, 0.717) is 16.8 Å². The number of nitrogens with one attached hydrogen (secondary N) is 2. The number of carbonyl (C=O) groups excluding carboxylic acids is 3. The van der Waals surface area contributed by atoms with E-state index >= 15 is 0 Å². The van der Waals surface area contributed by atoms with Crippen LogP contribution in [0.3, 0.4) is 0 Å². The third-order valence-corrected chi connectivity index (χ3v) is 6.13. The summed E-state index contributed by atoms with van der Waals surface area (Å²) in [5.74, 6) is -2.41. The van der Waals surface area contributed by atoms with E-state index in [2.05, 4.69) is 10.6 Å². The average Bonchev–Trinajstić information content (AvgIpc) is 3.04. The summed E-state index contributed by atoms with van der Waals surface area (Å²) >= 11 is 5.81. The Morgan fingerprint density at radius 3 is 2.69 bits per heavy atom. The fourth-order valence-corrected chi connectivity index (χ4v) is 4.08. The number of rotatable bonds is 6. The van der Waals surface area contributed by atoms with Crippen molar-refractivity contribution in [1.82, 2.24) is 10.6 Å². The highest BCUT2D eigenvalue weighted by molar-refractivity contribution is 6.30. The van der Waals surface area contributed by atoms with E-state index in [0.717, 1.165) is 25.3 Å². The van der Waals surface area contributed by atoms with Crippen molar-refractivity contribution in [3.8, 4) is 0 Å². The number of hydrogen-bond acceptors (Lipinski definition) is 4. The lowest BCUT2D eigenvalue weighted by atomic mass is 9.93. The summed E-state index contributed by atoms with van der Waals surface area (Å²) in [5, 5.41) is 16.4. The van der Waals surface area contributed by atoms with Gasteiger partial charge in [0.1, 0.15) is 5.82 Å². The van der Waals surface area contributed by atoms with Crippen molar-refractivity contribution in [3.05, 3.63) is 64.4 Å². The van der Waals surface area contributed by atoms with Crippen LogP contribution in [0.4, 0.5) is 10.1 Å². The third-order valence-electron chi connectivity index (χ3n) is 5.91. The summed E-state index contributed by atoms with van der Waals surface area (Å²) in [6.07, 6.45) is 2.90. The SMILES string of the molecule is O=C(NC1CCC1)c1cccc(N2CC[C@@](O)(C(=O)NCc3cc(F)cc(Cl)c3)C2=O)c1. The molecule has 9 heteroatoms. The highest BCUT2D eigenvalue weighted by atomic mass is 35.5. The maximum absolute atomic E-state index is 13.5. The molecular weight excluding hydrogens is 437 g/mol. The third kappa shape index (κ3) is 4.47. The molecule has 1 saturated carbocycles. The Kier molecular flexibility index (Phi) is 6.17. The van der Waals surface area contributed by atoms with Crippen molar-refractivity contribution in [3.63, 3.8) is 0 Å². The number of aliphatic hydroxyl groups is 1. The summed E-state index contributed by atoms with van der Waals surface area (Å²) in [4.78, 5) is 39.3. The van der Waals surface area contributed by atoms with Gasteiger partial charge in [-0.15, -0.1) is 0 Å². The van der Waals surface area contributed by atoms with Gasteiger partial charge in [0.15, 0.2) is 0 Å². The molecule has 1 atom stereocenters. The van der Waals surface area contributed by atoms with Crippen LogP contribution in [0.2, 0.25) is 5.02 Å². The van der Waals surface area contributed by atoms with Crippen molar-refractivity contribution in [1.29, 1.82) is 0 Å². The molecule has 1 aliphatic carbocycles. The van der Waals surface area contributed by atoms with Crippen LogP contribution in [0.15, 0.2) is 42.5 Å². The molecule has 1 aliphatic heterocycles. The number of halogens is 2. The van der Waals surface area contributed by atoms with Gasteiger partial charge in [-0.1, -0.05) is 17.7 Å². The van der Waals surface area contributed by atoms with Crippen LogP contribution >= 0.6 is 11.6 Å². The first kappa shape index (κ1) is 22.2. The van der Waals surface area contributed by atoms with Crippen LogP contribution in [-0.2, 0) is 16.1 Å². The van der Waals surface area contributed by atoms with Gasteiger partial charge in [0.25, 0.3) is 17.7 Å². The predicted molar refractivity (Wildman–Crippen MR) is 117 cm³/mol. The van der Waals surface area contributed by atoms with Crippen molar-refractivity contribution in [2.75, 3.05) is 11.4 Å². The van der Waals surface area contributed by atoms with Gasteiger partial charge < -0.3 is 20.6 Å². The molecule has 168 valence electrons. The largest absolute Gasteiger partial charge is 0.372 e. The van der Waals surface area contributed by atoms with Crippen LogP contribution in [0.25, 0.3) is 0 Å². The molecular formula is C23H23ClFN3O4. The number of carbonyl (C=O) groups is 3. The second-order valence-corrected chi connectivity index (χ2v) is 8.62. The van der Waals surface area contributed by atoms with Gasteiger partial charge in [-0.25, -0.2) is 4.39 Å². The zero-order valence-electron chi connectivity index (χ0n) is 17.2. The standard InChI is InChI=1S/C23H23ClFN3O4/c24-16-9-14(10-17(25)12-16)13-26-21(30)23(32)7-8-28(22(23)31)19-6-1-3-15(11-19)20(29)27-18-4-2-5-18/h1,3,6,9-12,18,32H,2,4-5,7-8,13H2,(H,26,30)(H,27,29)/t23-/m1/s1. The molecule has 2 aromatic rings. The van der Waals surface area contributed by atoms with E-state index in [1.807, 2.05) is 0 Å². The van der Waals surface area contributed by atoms with Gasteiger partial charge in [-0.05, 0) is 61.2 Å². The molecule has 4 rings (SSSR count). The van der Waals surface area contributed by atoms with Crippen LogP contribution in [0, 0.1) is 5.82 Å². The summed E-state index contributed by atoms with van der Waals surface area (Å²) in [6, 6.07) is 10.5.